The highest BCUT2D eigenvalue weighted by Gasteiger charge is 2.57. The molecule has 0 atom stereocenters. The summed E-state index contributed by atoms with van der Waals surface area (Å²) in [5.74, 6) is -0.196. The van der Waals surface area contributed by atoms with Crippen molar-refractivity contribution in [1.29, 1.82) is 0 Å². The molecule has 1 aliphatic heterocycles. The summed E-state index contributed by atoms with van der Waals surface area (Å²) in [6, 6.07) is 11.2. The van der Waals surface area contributed by atoms with Crippen molar-refractivity contribution in [2.24, 2.45) is 0 Å². The van der Waals surface area contributed by atoms with E-state index in [0.717, 1.165) is 27.0 Å². The first-order valence-corrected chi connectivity index (χ1v) is 9.64. The molecule has 0 bridgehead atoms. The van der Waals surface area contributed by atoms with Crippen LogP contribution in [0.5, 0.6) is 0 Å². The number of hydroxylamine groups is 1. The quantitative estimate of drug-likeness (QED) is 0.550. The number of halogens is 2. The zero-order valence-electron chi connectivity index (χ0n) is 16.0. The minimum Gasteiger partial charge on any atom is -0.279 e. The van der Waals surface area contributed by atoms with Gasteiger partial charge in [0.2, 0.25) is 5.54 Å². The Hall–Kier alpha value is -2.21. The Kier molecular flexibility index (Phi) is 3.97. The van der Waals surface area contributed by atoms with Gasteiger partial charge in [-0.05, 0) is 64.8 Å². The van der Waals surface area contributed by atoms with E-state index in [1.54, 1.807) is 19.4 Å². The molecular weight excluding hydrogens is 409 g/mol. The lowest BCUT2D eigenvalue weighted by Crippen LogP contribution is -2.57. The molecule has 0 amide bonds. The molecule has 0 aliphatic carbocycles. The zero-order valence-corrected chi connectivity index (χ0v) is 17.6. The fourth-order valence-electron chi connectivity index (χ4n) is 3.99. The average Bonchev–Trinajstić information content (AvgIpc) is 2.98. The summed E-state index contributed by atoms with van der Waals surface area (Å²) >= 11 is 3.49. The normalized spacial score (nSPS) is 17.9. The minimum absolute atomic E-state index is 0.196. The van der Waals surface area contributed by atoms with Crippen LogP contribution in [0.4, 0.5) is 4.39 Å². The van der Waals surface area contributed by atoms with Crippen LogP contribution in [-0.4, -0.2) is 32.7 Å². The van der Waals surface area contributed by atoms with Gasteiger partial charge in [0, 0.05) is 19.4 Å². The third-order valence-corrected chi connectivity index (χ3v) is 6.64. The van der Waals surface area contributed by atoms with Crippen LogP contribution < -0.4 is 0 Å². The highest BCUT2D eigenvalue weighted by molar-refractivity contribution is 9.10. The Bertz CT molecular complexity index is 1100. The molecule has 0 N–H and O–H groups in total. The summed E-state index contributed by atoms with van der Waals surface area (Å²) in [5, 5.41) is 4.54. The van der Waals surface area contributed by atoms with Gasteiger partial charge in [0.25, 0.3) is 5.71 Å². The van der Waals surface area contributed by atoms with Gasteiger partial charge < -0.3 is 0 Å². The molecular formula is C21H22BrFN3O+. The largest absolute Gasteiger partial charge is 0.279 e. The molecule has 140 valence electrons. The maximum absolute atomic E-state index is 15.0. The smallest absolute Gasteiger partial charge is 0.267 e. The minimum atomic E-state index is -0.485. The van der Waals surface area contributed by atoms with Crippen LogP contribution in [0.25, 0.3) is 5.52 Å². The molecule has 6 heteroatoms. The Labute approximate surface area is 166 Å². The number of nitrogens with zero attached hydrogens (tertiary/aromatic N) is 3. The molecule has 0 spiro atoms. The van der Waals surface area contributed by atoms with E-state index in [0.29, 0.717) is 5.56 Å². The number of hydrogen-bond acceptors (Lipinski definition) is 2. The number of aromatic nitrogens is 2. The predicted molar refractivity (Wildman–Crippen MR) is 107 cm³/mol. The molecule has 3 heterocycles. The monoisotopic (exact) mass is 430 g/mol. The van der Waals surface area contributed by atoms with Crippen LogP contribution >= 0.6 is 15.9 Å². The second kappa shape index (κ2) is 5.89. The Balaban J connectivity index is 2.10. The van der Waals surface area contributed by atoms with Gasteiger partial charge in [-0.25, -0.2) is 8.91 Å². The van der Waals surface area contributed by atoms with E-state index in [4.69, 9.17) is 4.84 Å². The second-order valence-electron chi connectivity index (χ2n) is 7.91. The van der Waals surface area contributed by atoms with Gasteiger partial charge in [-0.2, -0.15) is 5.10 Å². The maximum atomic E-state index is 15.0. The van der Waals surface area contributed by atoms with Crippen molar-refractivity contribution in [1.82, 2.24) is 9.61 Å². The Morgan fingerprint density at radius 1 is 1.15 bits per heavy atom. The van der Waals surface area contributed by atoms with Gasteiger partial charge in [-0.15, -0.1) is 0 Å². The van der Waals surface area contributed by atoms with Crippen molar-refractivity contribution < 1.29 is 14.0 Å². The van der Waals surface area contributed by atoms with E-state index < -0.39 is 11.0 Å². The summed E-state index contributed by atoms with van der Waals surface area (Å²) in [7, 11) is 1.65. The molecule has 0 saturated carbocycles. The van der Waals surface area contributed by atoms with Crippen molar-refractivity contribution in [3.05, 3.63) is 69.7 Å². The topological polar surface area (TPSA) is 29.5 Å². The molecule has 4 nitrogen and oxygen atoms in total. The second-order valence-corrected chi connectivity index (χ2v) is 8.72. The van der Waals surface area contributed by atoms with Gasteiger partial charge in [0.1, 0.15) is 17.5 Å². The van der Waals surface area contributed by atoms with E-state index in [9.17, 15) is 4.39 Å². The van der Waals surface area contributed by atoms with Crippen LogP contribution in [0.2, 0.25) is 0 Å². The van der Waals surface area contributed by atoms with Crippen molar-refractivity contribution in [3.8, 4) is 0 Å². The van der Waals surface area contributed by atoms with Gasteiger partial charge in [0.15, 0.2) is 0 Å². The number of fused-ring (bicyclic) bond motifs is 2. The Morgan fingerprint density at radius 3 is 2.59 bits per heavy atom. The van der Waals surface area contributed by atoms with Crippen LogP contribution in [0.3, 0.4) is 0 Å². The van der Waals surface area contributed by atoms with Crippen molar-refractivity contribution in [2.45, 2.75) is 38.6 Å². The maximum Gasteiger partial charge on any atom is 0.267 e. The van der Waals surface area contributed by atoms with Crippen molar-refractivity contribution >= 4 is 27.2 Å². The molecule has 4 rings (SSSR count). The van der Waals surface area contributed by atoms with Crippen LogP contribution in [0, 0.1) is 5.82 Å². The first kappa shape index (κ1) is 18.2. The summed E-state index contributed by atoms with van der Waals surface area (Å²) in [6.45, 7) is 8.27. The SMILES string of the molecule is CO[N+]1=C(c2cnn3c(Br)ccc3c2)c2cccc(F)c2C(C)(C)C1(C)C. The third-order valence-electron chi connectivity index (χ3n) is 6.04. The number of rotatable bonds is 2. The summed E-state index contributed by atoms with van der Waals surface area (Å²) < 4.78 is 19.6. The first-order chi connectivity index (χ1) is 12.7. The van der Waals surface area contributed by atoms with Crippen molar-refractivity contribution in [3.63, 3.8) is 0 Å². The highest BCUT2D eigenvalue weighted by Crippen LogP contribution is 2.44. The standard InChI is InChI=1S/C21H22BrFN3O/c1-20(2)18-15(7-6-8-16(18)23)19(26(27-5)21(20,3)4)13-11-14-9-10-17(22)25(14)24-12-13/h6-12H,1-5H3/q+1. The van der Waals surface area contributed by atoms with E-state index in [-0.39, 0.29) is 5.82 Å². The molecule has 0 radical (unpaired) electrons. The average molecular weight is 431 g/mol. The highest BCUT2D eigenvalue weighted by atomic mass is 79.9. The van der Waals surface area contributed by atoms with E-state index >= 15 is 0 Å². The predicted octanol–water partition coefficient (Wildman–Crippen LogP) is 4.72. The first-order valence-electron chi connectivity index (χ1n) is 8.84. The van der Waals surface area contributed by atoms with E-state index in [1.807, 2.05) is 33.5 Å². The van der Waals surface area contributed by atoms with E-state index in [2.05, 4.69) is 48.7 Å². The lowest BCUT2D eigenvalue weighted by molar-refractivity contribution is -0.833. The van der Waals surface area contributed by atoms with Crippen LogP contribution in [0.15, 0.2) is 47.2 Å². The molecule has 0 fully saturated rings. The number of hydrogen-bond donors (Lipinski definition) is 0. The summed E-state index contributed by atoms with van der Waals surface area (Å²) in [5.41, 5.74) is 3.23. The van der Waals surface area contributed by atoms with Crippen molar-refractivity contribution in [2.75, 3.05) is 7.11 Å². The fraction of sp³-hybridized carbons (Fsp3) is 0.333. The molecule has 3 aromatic rings. The molecule has 2 aromatic heterocycles. The zero-order chi connectivity index (χ0) is 19.6. The van der Waals surface area contributed by atoms with E-state index in [1.165, 1.54) is 6.07 Å². The molecule has 1 aromatic carbocycles. The van der Waals surface area contributed by atoms with Crippen LogP contribution in [-0.2, 0) is 10.3 Å². The molecule has 1 aliphatic rings. The summed E-state index contributed by atoms with van der Waals surface area (Å²) in [4.78, 5) is 5.85. The molecule has 0 saturated heterocycles. The van der Waals surface area contributed by atoms with Gasteiger partial charge in [0.05, 0.1) is 28.3 Å². The summed E-state index contributed by atoms with van der Waals surface area (Å²) in [6.07, 6.45) is 1.79. The third kappa shape index (κ3) is 2.39. The molecule has 0 unspecified atom stereocenters. The lowest BCUT2D eigenvalue weighted by atomic mass is 9.65. The Morgan fingerprint density at radius 2 is 1.89 bits per heavy atom. The molecule has 27 heavy (non-hydrogen) atoms. The van der Waals surface area contributed by atoms with Crippen LogP contribution in [0.1, 0.15) is 44.4 Å². The lowest BCUT2D eigenvalue weighted by Gasteiger charge is -2.41. The number of benzene rings is 1. The van der Waals surface area contributed by atoms with Gasteiger partial charge in [-0.3, -0.25) is 4.84 Å². The van der Waals surface area contributed by atoms with Gasteiger partial charge in [-0.1, -0.05) is 6.07 Å². The van der Waals surface area contributed by atoms with Gasteiger partial charge >= 0.3 is 0 Å². The fourth-order valence-corrected chi connectivity index (χ4v) is 4.42.